The van der Waals surface area contributed by atoms with Gasteiger partial charge in [-0.1, -0.05) is 15.9 Å². The Kier molecular flexibility index (Phi) is 4.91. The second-order valence-corrected chi connectivity index (χ2v) is 8.34. The van der Waals surface area contributed by atoms with E-state index in [1.165, 1.54) is 0 Å². The van der Waals surface area contributed by atoms with Crippen molar-refractivity contribution in [2.45, 2.75) is 11.4 Å². The van der Waals surface area contributed by atoms with Gasteiger partial charge in [-0.15, -0.1) is 0 Å². The van der Waals surface area contributed by atoms with E-state index in [-0.39, 0.29) is 11.4 Å². The van der Waals surface area contributed by atoms with Crippen molar-refractivity contribution in [2.75, 3.05) is 0 Å². The zero-order chi connectivity index (χ0) is 16.3. The molecule has 4 nitrogen and oxygen atoms in total. The highest BCUT2D eigenvalue weighted by Gasteiger charge is 2.13. The fraction of sp³-hybridized carbons (Fsp3) is 0.0625. The van der Waals surface area contributed by atoms with Gasteiger partial charge in [-0.05, 0) is 58.3 Å². The molecule has 0 radical (unpaired) electrons. The smallest absolute Gasteiger partial charge is 0.240 e. The monoisotopic (exact) mass is 408 g/mol. The number of halogens is 1. The van der Waals surface area contributed by atoms with Crippen molar-refractivity contribution >= 4 is 37.3 Å². The van der Waals surface area contributed by atoms with E-state index >= 15 is 0 Å². The van der Waals surface area contributed by atoms with Crippen molar-refractivity contribution < 1.29 is 8.42 Å². The maximum Gasteiger partial charge on any atom is 0.240 e. The molecule has 0 spiro atoms. The molecule has 3 rings (SSSR count). The molecule has 7 heteroatoms. The lowest BCUT2D eigenvalue weighted by atomic mass is 10.1. The average molecular weight is 409 g/mol. The molecule has 1 N–H and O–H groups in total. The molecule has 0 saturated carbocycles. The number of benzene rings is 1. The second kappa shape index (κ2) is 6.92. The van der Waals surface area contributed by atoms with Crippen molar-refractivity contribution in [2.24, 2.45) is 0 Å². The van der Waals surface area contributed by atoms with E-state index in [0.29, 0.717) is 0 Å². The first-order chi connectivity index (χ1) is 11.0. The molecule has 0 unspecified atom stereocenters. The first kappa shape index (κ1) is 16.3. The Balaban J connectivity index is 1.75. The molecular weight excluding hydrogens is 396 g/mol. The van der Waals surface area contributed by atoms with Crippen LogP contribution in [0.3, 0.4) is 0 Å². The Morgan fingerprint density at radius 2 is 1.87 bits per heavy atom. The van der Waals surface area contributed by atoms with Crippen molar-refractivity contribution in [3.8, 4) is 11.1 Å². The number of thiophene rings is 1. The second-order valence-electron chi connectivity index (χ2n) is 4.87. The van der Waals surface area contributed by atoms with Gasteiger partial charge in [0.25, 0.3) is 0 Å². The number of sulfonamides is 1. The quantitative estimate of drug-likeness (QED) is 0.692. The summed E-state index contributed by atoms with van der Waals surface area (Å²) in [5.74, 6) is 0. The van der Waals surface area contributed by atoms with Gasteiger partial charge in [-0.3, -0.25) is 4.98 Å². The van der Waals surface area contributed by atoms with Gasteiger partial charge in [0.05, 0.1) is 4.90 Å². The van der Waals surface area contributed by atoms with Gasteiger partial charge < -0.3 is 0 Å². The lowest BCUT2D eigenvalue weighted by Gasteiger charge is -2.08. The third-order valence-corrected chi connectivity index (χ3v) is 5.87. The summed E-state index contributed by atoms with van der Waals surface area (Å²) in [5.41, 5.74) is 2.88. The third kappa shape index (κ3) is 4.06. The lowest BCUT2D eigenvalue weighted by molar-refractivity contribution is 0.581. The fourth-order valence-electron chi connectivity index (χ4n) is 2.05. The normalized spacial score (nSPS) is 11.5. The molecule has 3 aromatic rings. The van der Waals surface area contributed by atoms with Gasteiger partial charge in [0.1, 0.15) is 0 Å². The topological polar surface area (TPSA) is 59.1 Å². The summed E-state index contributed by atoms with van der Waals surface area (Å²) < 4.78 is 28.0. The number of aromatic nitrogens is 1. The molecule has 0 fully saturated rings. The molecular formula is C16H13BrN2O2S2. The number of hydrogen-bond donors (Lipinski definition) is 1. The predicted molar refractivity (Wildman–Crippen MR) is 95.7 cm³/mol. The Hall–Kier alpha value is -1.54. The van der Waals surface area contributed by atoms with Crippen LogP contribution in [-0.2, 0) is 16.6 Å². The first-order valence-corrected chi connectivity index (χ1v) is 9.98. The summed E-state index contributed by atoms with van der Waals surface area (Å²) in [7, 11) is -3.54. The summed E-state index contributed by atoms with van der Waals surface area (Å²) in [5, 5.41) is 4.03. The molecule has 0 atom stereocenters. The molecule has 1 aromatic carbocycles. The van der Waals surface area contributed by atoms with Crippen LogP contribution in [0.1, 0.15) is 5.56 Å². The van der Waals surface area contributed by atoms with Crippen LogP contribution in [0.15, 0.2) is 68.9 Å². The first-order valence-electron chi connectivity index (χ1n) is 6.76. The minimum atomic E-state index is -3.54. The van der Waals surface area contributed by atoms with Crippen LogP contribution in [0.5, 0.6) is 0 Å². The minimum Gasteiger partial charge on any atom is -0.264 e. The van der Waals surface area contributed by atoms with Crippen LogP contribution in [0.25, 0.3) is 11.1 Å². The van der Waals surface area contributed by atoms with Crippen molar-refractivity contribution in [1.29, 1.82) is 0 Å². The average Bonchev–Trinajstić information content (AvgIpc) is 3.08. The molecule has 2 aromatic heterocycles. The molecule has 2 heterocycles. The van der Waals surface area contributed by atoms with E-state index in [0.717, 1.165) is 21.2 Å². The summed E-state index contributed by atoms with van der Waals surface area (Å²) in [6.07, 6.45) is 3.44. The van der Waals surface area contributed by atoms with Gasteiger partial charge in [-0.2, -0.15) is 11.3 Å². The number of nitrogens with zero attached hydrogens (tertiary/aromatic N) is 1. The Morgan fingerprint density at radius 3 is 2.57 bits per heavy atom. The third-order valence-electron chi connectivity index (χ3n) is 3.24. The highest BCUT2D eigenvalue weighted by molar-refractivity contribution is 9.10. The molecule has 0 amide bonds. The summed E-state index contributed by atoms with van der Waals surface area (Å²) in [4.78, 5) is 4.43. The van der Waals surface area contributed by atoms with Crippen LogP contribution >= 0.6 is 27.3 Å². The predicted octanol–water partition coefficient (Wildman–Crippen LogP) is 4.05. The van der Waals surface area contributed by atoms with Gasteiger partial charge >= 0.3 is 0 Å². The Bertz CT molecular complexity index is 892. The minimum absolute atomic E-state index is 0.198. The van der Waals surface area contributed by atoms with E-state index in [9.17, 15) is 8.42 Å². The molecule has 0 aliphatic carbocycles. The summed E-state index contributed by atoms with van der Waals surface area (Å²) in [6.45, 7) is 0.198. The zero-order valence-corrected chi connectivity index (χ0v) is 15.2. The van der Waals surface area contributed by atoms with E-state index in [2.05, 4.69) is 25.6 Å². The van der Waals surface area contributed by atoms with Crippen molar-refractivity contribution in [3.05, 3.63) is 69.6 Å². The number of nitrogens with one attached hydrogen (secondary N) is 1. The van der Waals surface area contributed by atoms with E-state index in [1.54, 1.807) is 48.0 Å². The Morgan fingerprint density at radius 1 is 1.09 bits per heavy atom. The molecule has 23 heavy (non-hydrogen) atoms. The lowest BCUT2D eigenvalue weighted by Crippen LogP contribution is -2.23. The zero-order valence-electron chi connectivity index (χ0n) is 11.9. The largest absolute Gasteiger partial charge is 0.264 e. The van der Waals surface area contributed by atoms with Crippen LogP contribution in [0.4, 0.5) is 0 Å². The van der Waals surface area contributed by atoms with Crippen molar-refractivity contribution in [3.63, 3.8) is 0 Å². The Labute approximate surface area is 147 Å². The number of pyridine rings is 1. The maximum absolute atomic E-state index is 12.3. The van der Waals surface area contributed by atoms with Gasteiger partial charge in [0.2, 0.25) is 10.0 Å². The van der Waals surface area contributed by atoms with Gasteiger partial charge in [-0.25, -0.2) is 13.1 Å². The van der Waals surface area contributed by atoms with Crippen LogP contribution in [-0.4, -0.2) is 13.4 Å². The standard InChI is InChI=1S/C16H13BrN2O2S2/c17-15-1-3-16(4-2-15)23(20,21)19-9-12-7-14(10-18-8-12)13-5-6-22-11-13/h1-8,10-11,19H,9H2. The highest BCUT2D eigenvalue weighted by Crippen LogP contribution is 2.22. The van der Waals surface area contributed by atoms with Crippen LogP contribution in [0.2, 0.25) is 0 Å². The molecule has 0 aliphatic heterocycles. The molecule has 0 bridgehead atoms. The van der Waals surface area contributed by atoms with Crippen molar-refractivity contribution in [1.82, 2.24) is 9.71 Å². The van der Waals surface area contributed by atoms with Crippen LogP contribution < -0.4 is 4.72 Å². The summed E-state index contributed by atoms with van der Waals surface area (Å²) >= 11 is 4.91. The fourth-order valence-corrected chi connectivity index (χ4v) is 3.99. The maximum atomic E-state index is 12.3. The van der Waals surface area contributed by atoms with Gasteiger partial charge in [0.15, 0.2) is 0 Å². The van der Waals surface area contributed by atoms with E-state index < -0.39 is 10.0 Å². The van der Waals surface area contributed by atoms with Crippen LogP contribution in [0, 0.1) is 0 Å². The highest BCUT2D eigenvalue weighted by atomic mass is 79.9. The molecule has 0 aliphatic rings. The number of rotatable bonds is 5. The van der Waals surface area contributed by atoms with Gasteiger partial charge in [0, 0.05) is 29.0 Å². The SMILES string of the molecule is O=S(=O)(NCc1cncc(-c2ccsc2)c1)c1ccc(Br)cc1. The number of hydrogen-bond acceptors (Lipinski definition) is 4. The van der Waals surface area contributed by atoms with E-state index in [1.807, 2.05) is 22.9 Å². The molecule has 118 valence electrons. The molecule has 0 saturated heterocycles. The van der Waals surface area contributed by atoms with E-state index in [4.69, 9.17) is 0 Å². The summed E-state index contributed by atoms with van der Waals surface area (Å²) in [6, 6.07) is 10.5.